The molecule has 142 valence electrons. The summed E-state index contributed by atoms with van der Waals surface area (Å²) in [5, 5.41) is 0.858. The molecule has 2 aromatic carbocycles. The lowest BCUT2D eigenvalue weighted by Gasteiger charge is -2.17. The van der Waals surface area contributed by atoms with Gasteiger partial charge in [0.15, 0.2) is 5.75 Å². The highest BCUT2D eigenvalue weighted by atomic mass is 16.5. The summed E-state index contributed by atoms with van der Waals surface area (Å²) >= 11 is 0. The molecule has 4 nitrogen and oxygen atoms in total. The molecule has 0 aliphatic rings. The smallest absolute Gasteiger partial charge is 0.232 e. The van der Waals surface area contributed by atoms with Gasteiger partial charge in [0.25, 0.3) is 0 Å². The van der Waals surface area contributed by atoms with Gasteiger partial charge in [-0.3, -0.25) is 4.79 Å². The molecule has 0 amide bonds. The van der Waals surface area contributed by atoms with Crippen molar-refractivity contribution in [3.05, 3.63) is 65.4 Å². The third-order valence-corrected chi connectivity index (χ3v) is 4.80. The van der Waals surface area contributed by atoms with E-state index in [2.05, 4.69) is 18.7 Å². The van der Waals surface area contributed by atoms with Gasteiger partial charge in [0.1, 0.15) is 5.58 Å². The summed E-state index contributed by atoms with van der Waals surface area (Å²) in [7, 11) is 0. The Labute approximate surface area is 160 Å². The van der Waals surface area contributed by atoms with Crippen LogP contribution in [0.25, 0.3) is 11.0 Å². The summed E-state index contributed by atoms with van der Waals surface area (Å²) < 4.78 is 12.0. The van der Waals surface area contributed by atoms with E-state index in [9.17, 15) is 4.79 Å². The Bertz CT molecular complexity index is 895. The number of ketones is 1. The van der Waals surface area contributed by atoms with Crippen molar-refractivity contribution in [3.8, 4) is 5.75 Å². The van der Waals surface area contributed by atoms with E-state index < -0.39 is 0 Å². The van der Waals surface area contributed by atoms with Crippen LogP contribution in [-0.4, -0.2) is 36.9 Å². The van der Waals surface area contributed by atoms with Gasteiger partial charge in [-0.05, 0) is 38.6 Å². The lowest BCUT2D eigenvalue weighted by molar-refractivity contribution is 0.100. The van der Waals surface area contributed by atoms with E-state index >= 15 is 0 Å². The molecule has 0 atom stereocenters. The molecular formula is C23H27NO3. The highest BCUT2D eigenvalue weighted by Gasteiger charge is 2.23. The Morgan fingerprint density at radius 2 is 1.81 bits per heavy atom. The highest BCUT2D eigenvalue weighted by molar-refractivity contribution is 6.12. The van der Waals surface area contributed by atoms with E-state index in [4.69, 9.17) is 9.15 Å². The molecule has 0 saturated carbocycles. The fourth-order valence-electron chi connectivity index (χ4n) is 3.20. The fourth-order valence-corrected chi connectivity index (χ4v) is 3.20. The maximum absolute atomic E-state index is 13.0. The first kappa shape index (κ1) is 19.2. The minimum Gasteiger partial charge on any atom is -0.489 e. The van der Waals surface area contributed by atoms with E-state index in [1.54, 1.807) is 12.1 Å². The summed E-state index contributed by atoms with van der Waals surface area (Å²) in [5.74, 6) is 0.690. The van der Waals surface area contributed by atoms with Crippen LogP contribution in [0.15, 0.2) is 52.9 Å². The molecule has 1 heterocycles. The normalized spacial score (nSPS) is 11.3. The quantitative estimate of drug-likeness (QED) is 0.392. The van der Waals surface area contributed by atoms with Gasteiger partial charge in [-0.1, -0.05) is 55.8 Å². The van der Waals surface area contributed by atoms with Gasteiger partial charge < -0.3 is 14.1 Å². The molecule has 0 radical (unpaired) electrons. The van der Waals surface area contributed by atoms with Crippen molar-refractivity contribution in [2.24, 2.45) is 0 Å². The zero-order chi connectivity index (χ0) is 19.2. The first-order valence-electron chi connectivity index (χ1n) is 9.62. The van der Waals surface area contributed by atoms with Crippen LogP contribution >= 0.6 is 0 Å². The lowest BCUT2D eigenvalue weighted by Crippen LogP contribution is -2.25. The average Bonchev–Trinajstić information content (AvgIpc) is 3.06. The van der Waals surface area contributed by atoms with E-state index in [1.807, 2.05) is 43.3 Å². The van der Waals surface area contributed by atoms with Crippen LogP contribution in [0.3, 0.4) is 0 Å². The largest absolute Gasteiger partial charge is 0.489 e. The van der Waals surface area contributed by atoms with Crippen molar-refractivity contribution in [1.82, 2.24) is 4.90 Å². The molecule has 0 aliphatic heterocycles. The molecule has 3 aromatic rings. The summed E-state index contributed by atoms with van der Waals surface area (Å²) in [6.07, 6.45) is 0.902. The summed E-state index contributed by atoms with van der Waals surface area (Å²) in [5.41, 5.74) is 2.38. The molecule has 3 rings (SSSR count). The summed E-state index contributed by atoms with van der Waals surface area (Å²) in [4.78, 5) is 15.3. The van der Waals surface area contributed by atoms with Crippen LogP contribution < -0.4 is 4.74 Å². The molecule has 0 N–H and O–H groups in total. The number of furan rings is 1. The lowest BCUT2D eigenvalue weighted by atomic mass is 10.1. The topological polar surface area (TPSA) is 42.7 Å². The SMILES string of the molecule is CCN(CC)CCCOc1c(C(=O)c2ccccc2)oc2ccc(C)cc12. The molecular weight excluding hydrogens is 338 g/mol. The van der Waals surface area contributed by atoms with E-state index in [1.165, 1.54) is 0 Å². The van der Waals surface area contributed by atoms with Crippen molar-refractivity contribution >= 4 is 16.8 Å². The molecule has 4 heteroatoms. The average molecular weight is 365 g/mol. The second-order valence-corrected chi connectivity index (χ2v) is 6.68. The van der Waals surface area contributed by atoms with Crippen LogP contribution in [0.2, 0.25) is 0 Å². The Morgan fingerprint density at radius 1 is 1.07 bits per heavy atom. The van der Waals surface area contributed by atoms with Gasteiger partial charge >= 0.3 is 0 Å². The Kier molecular flexibility index (Phi) is 6.30. The number of carbonyl (C=O) groups excluding carboxylic acids is 1. The minimum absolute atomic E-state index is 0.150. The number of nitrogens with zero attached hydrogens (tertiary/aromatic N) is 1. The monoisotopic (exact) mass is 365 g/mol. The van der Waals surface area contributed by atoms with E-state index in [0.29, 0.717) is 23.5 Å². The van der Waals surface area contributed by atoms with Crippen LogP contribution in [-0.2, 0) is 0 Å². The predicted molar refractivity (Wildman–Crippen MR) is 109 cm³/mol. The summed E-state index contributed by atoms with van der Waals surface area (Å²) in [6, 6.07) is 15.1. The first-order chi connectivity index (χ1) is 13.1. The third-order valence-electron chi connectivity index (χ3n) is 4.80. The first-order valence-corrected chi connectivity index (χ1v) is 9.62. The van der Waals surface area contributed by atoms with Crippen LogP contribution in [0.4, 0.5) is 0 Å². The van der Waals surface area contributed by atoms with Crippen molar-refractivity contribution in [3.63, 3.8) is 0 Å². The molecule has 0 aliphatic carbocycles. The van der Waals surface area contributed by atoms with Gasteiger partial charge in [0.05, 0.1) is 12.0 Å². The number of benzene rings is 2. The van der Waals surface area contributed by atoms with Gasteiger partial charge in [-0.2, -0.15) is 0 Å². The maximum atomic E-state index is 13.0. The third kappa shape index (κ3) is 4.40. The Balaban J connectivity index is 1.87. The number of hydrogen-bond donors (Lipinski definition) is 0. The van der Waals surface area contributed by atoms with Gasteiger partial charge in [-0.25, -0.2) is 0 Å². The molecule has 0 bridgehead atoms. The van der Waals surface area contributed by atoms with Crippen molar-refractivity contribution < 1.29 is 13.9 Å². The van der Waals surface area contributed by atoms with Crippen LogP contribution in [0, 0.1) is 6.92 Å². The fraction of sp³-hybridized carbons (Fsp3) is 0.348. The highest BCUT2D eigenvalue weighted by Crippen LogP contribution is 2.35. The molecule has 0 saturated heterocycles. The molecule has 0 spiro atoms. The standard InChI is InChI=1S/C23H27NO3/c1-4-24(5-2)14-9-15-26-22-19-16-17(3)12-13-20(19)27-23(22)21(25)18-10-7-6-8-11-18/h6-8,10-13,16H,4-5,9,14-15H2,1-3H3. The second-order valence-electron chi connectivity index (χ2n) is 6.68. The van der Waals surface area contributed by atoms with Crippen LogP contribution in [0.5, 0.6) is 5.75 Å². The molecule has 1 aromatic heterocycles. The van der Waals surface area contributed by atoms with Gasteiger partial charge in [0.2, 0.25) is 11.5 Å². The maximum Gasteiger partial charge on any atom is 0.232 e. The minimum atomic E-state index is -0.150. The van der Waals surface area contributed by atoms with Gasteiger partial charge in [-0.15, -0.1) is 0 Å². The number of ether oxygens (including phenoxy) is 1. The Morgan fingerprint density at radius 3 is 2.52 bits per heavy atom. The van der Waals surface area contributed by atoms with Crippen molar-refractivity contribution in [1.29, 1.82) is 0 Å². The van der Waals surface area contributed by atoms with Gasteiger partial charge in [0, 0.05) is 12.1 Å². The number of hydrogen-bond acceptors (Lipinski definition) is 4. The van der Waals surface area contributed by atoms with E-state index in [0.717, 1.165) is 37.0 Å². The number of carbonyl (C=O) groups is 1. The summed E-state index contributed by atoms with van der Waals surface area (Å²) in [6.45, 7) is 9.93. The molecule has 0 unspecified atom stereocenters. The number of aryl methyl sites for hydroxylation is 1. The predicted octanol–water partition coefficient (Wildman–Crippen LogP) is 5.08. The molecule has 0 fully saturated rings. The zero-order valence-corrected chi connectivity index (χ0v) is 16.3. The zero-order valence-electron chi connectivity index (χ0n) is 16.3. The van der Waals surface area contributed by atoms with E-state index in [-0.39, 0.29) is 11.5 Å². The second kappa shape index (κ2) is 8.87. The molecule has 27 heavy (non-hydrogen) atoms. The Hall–Kier alpha value is -2.59. The van der Waals surface area contributed by atoms with Crippen LogP contribution in [0.1, 0.15) is 41.9 Å². The van der Waals surface area contributed by atoms with Crippen molar-refractivity contribution in [2.75, 3.05) is 26.2 Å². The van der Waals surface area contributed by atoms with Crippen molar-refractivity contribution in [2.45, 2.75) is 27.2 Å². The number of rotatable bonds is 9. The number of fused-ring (bicyclic) bond motifs is 1.